The van der Waals surface area contributed by atoms with Gasteiger partial charge in [-0.3, -0.25) is 4.99 Å². The third-order valence-electron chi connectivity index (χ3n) is 3.41. The Morgan fingerprint density at radius 2 is 2.19 bits per heavy atom. The standard InChI is InChI=1S/C11H20BrN3S/c1-14-5-3-9(4-6-14)15(2)11-13-8-10(7-12)16-11/h9-10H,3-8H2,1-2H3. The molecule has 2 heterocycles. The van der Waals surface area contributed by atoms with Crippen molar-refractivity contribution in [3.8, 4) is 0 Å². The number of likely N-dealkylation sites (tertiary alicyclic amines) is 1. The van der Waals surface area contributed by atoms with Gasteiger partial charge in [-0.2, -0.15) is 0 Å². The Hall–Kier alpha value is 0.260. The minimum absolute atomic E-state index is 0.642. The van der Waals surface area contributed by atoms with Crippen molar-refractivity contribution in [3.05, 3.63) is 0 Å². The Balaban J connectivity index is 1.86. The molecular formula is C11H20BrN3S. The lowest BCUT2D eigenvalue weighted by Crippen LogP contribution is -2.43. The minimum Gasteiger partial charge on any atom is -0.351 e. The molecule has 2 aliphatic rings. The zero-order valence-electron chi connectivity index (χ0n) is 10.0. The number of nitrogens with zero attached hydrogens (tertiary/aromatic N) is 3. The molecular weight excluding hydrogens is 286 g/mol. The molecule has 0 aromatic heterocycles. The minimum atomic E-state index is 0.642. The van der Waals surface area contributed by atoms with E-state index in [2.05, 4.69) is 44.8 Å². The molecule has 0 bridgehead atoms. The van der Waals surface area contributed by atoms with Gasteiger partial charge in [0.15, 0.2) is 5.17 Å². The van der Waals surface area contributed by atoms with E-state index in [-0.39, 0.29) is 0 Å². The van der Waals surface area contributed by atoms with Gasteiger partial charge in [-0.05, 0) is 33.0 Å². The molecule has 1 fully saturated rings. The second-order valence-electron chi connectivity index (χ2n) is 4.66. The van der Waals surface area contributed by atoms with Crippen LogP contribution in [0.1, 0.15) is 12.8 Å². The summed E-state index contributed by atoms with van der Waals surface area (Å²) in [6.07, 6.45) is 2.54. The Bertz CT molecular complexity index is 264. The molecule has 0 amide bonds. The topological polar surface area (TPSA) is 18.8 Å². The van der Waals surface area contributed by atoms with Crippen LogP contribution in [0.3, 0.4) is 0 Å². The van der Waals surface area contributed by atoms with Gasteiger partial charge in [0.1, 0.15) is 0 Å². The van der Waals surface area contributed by atoms with Crippen LogP contribution in [0.5, 0.6) is 0 Å². The summed E-state index contributed by atoms with van der Waals surface area (Å²) in [5.41, 5.74) is 0. The van der Waals surface area contributed by atoms with Gasteiger partial charge in [-0.25, -0.2) is 0 Å². The summed E-state index contributed by atoms with van der Waals surface area (Å²) in [6.45, 7) is 3.41. The zero-order chi connectivity index (χ0) is 11.5. The first-order valence-electron chi connectivity index (χ1n) is 5.89. The Labute approximate surface area is 111 Å². The quantitative estimate of drug-likeness (QED) is 0.726. The lowest BCUT2D eigenvalue weighted by molar-refractivity contribution is 0.194. The molecule has 0 aromatic carbocycles. The van der Waals surface area contributed by atoms with Crippen molar-refractivity contribution in [2.75, 3.05) is 39.1 Å². The van der Waals surface area contributed by atoms with E-state index in [1.807, 2.05) is 11.8 Å². The first-order chi connectivity index (χ1) is 7.70. The summed E-state index contributed by atoms with van der Waals surface area (Å²) in [4.78, 5) is 9.46. The Kier molecular flexibility index (Phi) is 4.56. The first kappa shape index (κ1) is 12.7. The molecule has 1 saturated heterocycles. The van der Waals surface area contributed by atoms with Crippen molar-refractivity contribution < 1.29 is 0 Å². The maximum Gasteiger partial charge on any atom is 0.159 e. The maximum absolute atomic E-state index is 4.64. The Morgan fingerprint density at radius 3 is 2.75 bits per heavy atom. The fraction of sp³-hybridized carbons (Fsp3) is 0.909. The van der Waals surface area contributed by atoms with Crippen molar-refractivity contribution in [1.29, 1.82) is 0 Å². The second-order valence-corrected chi connectivity index (χ2v) is 6.58. The number of thioether (sulfide) groups is 1. The van der Waals surface area contributed by atoms with Crippen LogP contribution in [0.25, 0.3) is 0 Å². The number of aliphatic imine (C=N–C) groups is 1. The van der Waals surface area contributed by atoms with E-state index in [4.69, 9.17) is 0 Å². The van der Waals surface area contributed by atoms with Crippen molar-refractivity contribution in [3.63, 3.8) is 0 Å². The van der Waals surface area contributed by atoms with Crippen LogP contribution in [-0.2, 0) is 0 Å². The molecule has 92 valence electrons. The van der Waals surface area contributed by atoms with E-state index >= 15 is 0 Å². The van der Waals surface area contributed by atoms with Crippen LogP contribution in [0.4, 0.5) is 0 Å². The van der Waals surface area contributed by atoms with Gasteiger partial charge in [0.05, 0.1) is 6.54 Å². The average Bonchev–Trinajstić information content (AvgIpc) is 2.77. The van der Waals surface area contributed by atoms with Crippen LogP contribution in [0.2, 0.25) is 0 Å². The number of hydrogen-bond acceptors (Lipinski definition) is 4. The molecule has 0 spiro atoms. The van der Waals surface area contributed by atoms with E-state index in [1.165, 1.54) is 31.1 Å². The SMILES string of the molecule is CN1CCC(N(C)C2=NCC(CBr)S2)CC1. The van der Waals surface area contributed by atoms with E-state index in [1.54, 1.807) is 0 Å². The molecule has 0 saturated carbocycles. The highest BCUT2D eigenvalue weighted by molar-refractivity contribution is 9.09. The lowest BCUT2D eigenvalue weighted by atomic mass is 10.1. The molecule has 0 N–H and O–H groups in total. The fourth-order valence-electron chi connectivity index (χ4n) is 2.22. The predicted octanol–water partition coefficient (Wildman–Crippen LogP) is 1.88. The molecule has 0 radical (unpaired) electrons. The maximum atomic E-state index is 4.64. The highest BCUT2D eigenvalue weighted by Crippen LogP contribution is 2.27. The lowest BCUT2D eigenvalue weighted by Gasteiger charge is -2.35. The van der Waals surface area contributed by atoms with Crippen LogP contribution >= 0.6 is 27.7 Å². The molecule has 2 rings (SSSR count). The summed E-state index contributed by atoms with van der Waals surface area (Å²) in [5.74, 6) is 0. The van der Waals surface area contributed by atoms with E-state index in [0.29, 0.717) is 11.3 Å². The number of piperidine rings is 1. The Morgan fingerprint density at radius 1 is 1.50 bits per heavy atom. The number of hydrogen-bond donors (Lipinski definition) is 0. The molecule has 3 nitrogen and oxygen atoms in total. The normalized spacial score (nSPS) is 28.2. The monoisotopic (exact) mass is 305 g/mol. The summed E-state index contributed by atoms with van der Waals surface area (Å²) in [7, 11) is 4.41. The number of alkyl halides is 1. The van der Waals surface area contributed by atoms with Gasteiger partial charge >= 0.3 is 0 Å². The van der Waals surface area contributed by atoms with Crippen LogP contribution in [0, 0.1) is 0 Å². The van der Waals surface area contributed by atoms with E-state index < -0.39 is 0 Å². The van der Waals surface area contributed by atoms with Crippen LogP contribution < -0.4 is 0 Å². The molecule has 0 aromatic rings. The molecule has 2 aliphatic heterocycles. The largest absolute Gasteiger partial charge is 0.351 e. The zero-order valence-corrected chi connectivity index (χ0v) is 12.4. The van der Waals surface area contributed by atoms with Crippen molar-refractivity contribution in [2.45, 2.75) is 24.1 Å². The highest BCUT2D eigenvalue weighted by atomic mass is 79.9. The molecule has 0 aliphatic carbocycles. The molecule has 16 heavy (non-hydrogen) atoms. The number of amidine groups is 1. The van der Waals surface area contributed by atoms with Crippen molar-refractivity contribution in [1.82, 2.24) is 9.80 Å². The number of halogens is 1. The summed E-state index contributed by atoms with van der Waals surface area (Å²) in [5, 5.41) is 2.94. The van der Waals surface area contributed by atoms with E-state index in [0.717, 1.165) is 11.9 Å². The third kappa shape index (κ3) is 2.93. The third-order valence-corrected chi connectivity index (χ3v) is 5.90. The van der Waals surface area contributed by atoms with Crippen molar-refractivity contribution >= 4 is 32.9 Å². The highest BCUT2D eigenvalue weighted by Gasteiger charge is 2.27. The number of rotatable bonds is 2. The molecule has 5 heteroatoms. The van der Waals surface area contributed by atoms with Gasteiger partial charge in [0, 0.05) is 23.7 Å². The van der Waals surface area contributed by atoms with Crippen LogP contribution in [-0.4, -0.2) is 65.3 Å². The van der Waals surface area contributed by atoms with E-state index in [9.17, 15) is 0 Å². The molecule has 1 atom stereocenters. The average molecular weight is 306 g/mol. The van der Waals surface area contributed by atoms with Gasteiger partial charge in [-0.1, -0.05) is 27.7 Å². The van der Waals surface area contributed by atoms with Gasteiger partial charge in [-0.15, -0.1) is 0 Å². The van der Waals surface area contributed by atoms with Gasteiger partial charge in [0.2, 0.25) is 0 Å². The predicted molar refractivity (Wildman–Crippen MR) is 75.8 cm³/mol. The fourth-order valence-corrected chi connectivity index (χ4v) is 3.79. The molecule has 1 unspecified atom stereocenters. The first-order valence-corrected chi connectivity index (χ1v) is 7.89. The summed E-state index contributed by atoms with van der Waals surface area (Å²) in [6, 6.07) is 0.691. The van der Waals surface area contributed by atoms with Gasteiger partial charge < -0.3 is 9.80 Å². The summed E-state index contributed by atoms with van der Waals surface area (Å²) >= 11 is 5.47. The van der Waals surface area contributed by atoms with Crippen LogP contribution in [0.15, 0.2) is 4.99 Å². The second kappa shape index (κ2) is 5.74. The van der Waals surface area contributed by atoms with Gasteiger partial charge in [0.25, 0.3) is 0 Å². The van der Waals surface area contributed by atoms with Crippen molar-refractivity contribution in [2.24, 2.45) is 4.99 Å². The summed E-state index contributed by atoms with van der Waals surface area (Å²) < 4.78 is 0. The smallest absolute Gasteiger partial charge is 0.159 e.